The fraction of sp³-hybridized carbons (Fsp3) is 0.438. The highest BCUT2D eigenvalue weighted by Gasteiger charge is 2.14. The number of carbonyl (C=O) groups is 1. The zero-order valence-corrected chi connectivity index (χ0v) is 12.3. The SMILES string of the molecule is CC(C)(C)OC(=O)NCC=Cc1ccccc1CCO. The molecule has 1 aromatic carbocycles. The highest BCUT2D eigenvalue weighted by molar-refractivity contribution is 5.68. The van der Waals surface area contributed by atoms with Crippen molar-refractivity contribution in [2.24, 2.45) is 0 Å². The summed E-state index contributed by atoms with van der Waals surface area (Å²) in [6.45, 7) is 6.01. The molecule has 0 aliphatic rings. The van der Waals surface area contributed by atoms with Crippen LogP contribution < -0.4 is 5.32 Å². The third kappa shape index (κ3) is 6.38. The molecule has 0 radical (unpaired) electrons. The summed E-state index contributed by atoms with van der Waals surface area (Å²) >= 11 is 0. The Kier molecular flexibility index (Phi) is 6.25. The van der Waals surface area contributed by atoms with Crippen LogP contribution in [0.5, 0.6) is 0 Å². The van der Waals surface area contributed by atoms with Gasteiger partial charge in [0, 0.05) is 13.2 Å². The summed E-state index contributed by atoms with van der Waals surface area (Å²) < 4.78 is 5.14. The Balaban J connectivity index is 2.47. The predicted octanol–water partition coefficient (Wildman–Crippen LogP) is 2.76. The van der Waals surface area contributed by atoms with E-state index >= 15 is 0 Å². The molecule has 1 amide bonds. The minimum atomic E-state index is -0.485. The third-order valence-corrected chi connectivity index (χ3v) is 2.50. The summed E-state index contributed by atoms with van der Waals surface area (Å²) in [7, 11) is 0. The van der Waals surface area contributed by atoms with Gasteiger partial charge in [-0.05, 0) is 38.3 Å². The van der Waals surface area contributed by atoms with Crippen molar-refractivity contribution >= 4 is 12.2 Å². The summed E-state index contributed by atoms with van der Waals surface area (Å²) in [5.41, 5.74) is 1.65. The number of aliphatic hydroxyl groups is 1. The van der Waals surface area contributed by atoms with Gasteiger partial charge in [-0.1, -0.05) is 36.4 Å². The van der Waals surface area contributed by atoms with Crippen LogP contribution in [-0.2, 0) is 11.2 Å². The van der Waals surface area contributed by atoms with Crippen molar-refractivity contribution in [1.29, 1.82) is 0 Å². The van der Waals surface area contributed by atoms with Crippen molar-refractivity contribution < 1.29 is 14.6 Å². The second kappa shape index (κ2) is 7.70. The van der Waals surface area contributed by atoms with Crippen molar-refractivity contribution in [2.45, 2.75) is 32.8 Å². The van der Waals surface area contributed by atoms with Gasteiger partial charge in [0.1, 0.15) is 5.60 Å². The summed E-state index contributed by atoms with van der Waals surface area (Å²) in [5, 5.41) is 11.7. The van der Waals surface area contributed by atoms with Crippen LogP contribution in [0.25, 0.3) is 6.08 Å². The number of alkyl carbamates (subject to hydrolysis) is 1. The Labute approximate surface area is 120 Å². The maximum atomic E-state index is 11.4. The van der Waals surface area contributed by atoms with Crippen LogP contribution in [0.4, 0.5) is 4.79 Å². The van der Waals surface area contributed by atoms with Crippen LogP contribution in [0.15, 0.2) is 30.3 Å². The standard InChI is InChI=1S/C16H23NO3/c1-16(2,3)20-15(19)17-11-6-9-13-7-4-5-8-14(13)10-12-18/h4-9,18H,10-12H2,1-3H3,(H,17,19). The highest BCUT2D eigenvalue weighted by Crippen LogP contribution is 2.11. The average molecular weight is 277 g/mol. The normalized spacial score (nSPS) is 11.6. The van der Waals surface area contributed by atoms with E-state index in [2.05, 4.69) is 5.32 Å². The molecule has 20 heavy (non-hydrogen) atoms. The molecule has 0 unspecified atom stereocenters. The van der Waals surface area contributed by atoms with Crippen molar-refractivity contribution in [3.05, 3.63) is 41.5 Å². The number of hydrogen-bond acceptors (Lipinski definition) is 3. The van der Waals surface area contributed by atoms with Crippen LogP contribution in [0.1, 0.15) is 31.9 Å². The minimum Gasteiger partial charge on any atom is -0.444 e. The molecule has 1 aromatic rings. The molecule has 0 fully saturated rings. The van der Waals surface area contributed by atoms with Gasteiger partial charge in [-0.15, -0.1) is 0 Å². The molecule has 2 N–H and O–H groups in total. The number of ether oxygens (including phenoxy) is 1. The van der Waals surface area contributed by atoms with Gasteiger partial charge in [0.2, 0.25) is 0 Å². The van der Waals surface area contributed by atoms with E-state index in [1.54, 1.807) is 0 Å². The molecular weight excluding hydrogens is 254 g/mol. The average Bonchev–Trinajstić information content (AvgIpc) is 2.34. The maximum Gasteiger partial charge on any atom is 0.407 e. The second-order valence-electron chi connectivity index (χ2n) is 5.46. The topological polar surface area (TPSA) is 58.6 Å². The van der Waals surface area contributed by atoms with Gasteiger partial charge in [0.15, 0.2) is 0 Å². The van der Waals surface area contributed by atoms with E-state index in [0.29, 0.717) is 13.0 Å². The first-order valence-electron chi connectivity index (χ1n) is 6.74. The van der Waals surface area contributed by atoms with E-state index in [4.69, 9.17) is 9.84 Å². The molecule has 0 saturated heterocycles. The van der Waals surface area contributed by atoms with Crippen molar-refractivity contribution in [3.8, 4) is 0 Å². The molecule has 0 saturated carbocycles. The highest BCUT2D eigenvalue weighted by atomic mass is 16.6. The number of carbonyl (C=O) groups excluding carboxylic acids is 1. The molecule has 0 spiro atoms. The summed E-state index contributed by atoms with van der Waals surface area (Å²) in [5.74, 6) is 0. The first kappa shape index (κ1) is 16.2. The minimum absolute atomic E-state index is 0.126. The number of rotatable bonds is 5. The summed E-state index contributed by atoms with van der Waals surface area (Å²) in [6, 6.07) is 7.86. The number of benzene rings is 1. The lowest BCUT2D eigenvalue weighted by molar-refractivity contribution is 0.0534. The largest absolute Gasteiger partial charge is 0.444 e. The van der Waals surface area contributed by atoms with E-state index < -0.39 is 11.7 Å². The van der Waals surface area contributed by atoms with Gasteiger partial charge in [-0.25, -0.2) is 4.79 Å². The van der Waals surface area contributed by atoms with Gasteiger partial charge < -0.3 is 15.2 Å². The molecule has 110 valence electrons. The van der Waals surface area contributed by atoms with Gasteiger partial charge >= 0.3 is 6.09 Å². The zero-order valence-electron chi connectivity index (χ0n) is 12.3. The van der Waals surface area contributed by atoms with Crippen molar-refractivity contribution in [3.63, 3.8) is 0 Å². The van der Waals surface area contributed by atoms with Crippen LogP contribution >= 0.6 is 0 Å². The second-order valence-corrected chi connectivity index (χ2v) is 5.46. The number of aliphatic hydroxyl groups excluding tert-OH is 1. The smallest absolute Gasteiger partial charge is 0.407 e. The molecule has 0 heterocycles. The number of hydrogen-bond donors (Lipinski definition) is 2. The molecule has 4 heteroatoms. The lowest BCUT2D eigenvalue weighted by atomic mass is 10.0. The zero-order chi connectivity index (χ0) is 15.0. The van der Waals surface area contributed by atoms with Crippen LogP contribution in [-0.4, -0.2) is 30.0 Å². The monoisotopic (exact) mass is 277 g/mol. The molecule has 0 bridgehead atoms. The van der Waals surface area contributed by atoms with Crippen molar-refractivity contribution in [1.82, 2.24) is 5.32 Å². The van der Waals surface area contributed by atoms with Crippen molar-refractivity contribution in [2.75, 3.05) is 13.2 Å². The summed E-state index contributed by atoms with van der Waals surface area (Å²) in [6.07, 6.45) is 3.99. The molecule has 1 rings (SSSR count). The molecule has 0 aliphatic heterocycles. The predicted molar refractivity (Wildman–Crippen MR) is 80.5 cm³/mol. The lowest BCUT2D eigenvalue weighted by Gasteiger charge is -2.19. The molecule has 0 aliphatic carbocycles. The third-order valence-electron chi connectivity index (χ3n) is 2.50. The summed E-state index contributed by atoms with van der Waals surface area (Å²) in [4.78, 5) is 11.4. The van der Waals surface area contributed by atoms with Crippen LogP contribution in [0.2, 0.25) is 0 Å². The molecule has 0 aromatic heterocycles. The van der Waals surface area contributed by atoms with Crippen LogP contribution in [0.3, 0.4) is 0 Å². The van der Waals surface area contributed by atoms with Gasteiger partial charge in [0.05, 0.1) is 0 Å². The maximum absolute atomic E-state index is 11.4. The molecular formula is C16H23NO3. The first-order chi connectivity index (χ1) is 9.42. The van der Waals surface area contributed by atoms with E-state index in [0.717, 1.165) is 11.1 Å². The molecule has 0 atom stereocenters. The number of nitrogens with one attached hydrogen (secondary N) is 1. The molecule has 4 nitrogen and oxygen atoms in total. The fourth-order valence-electron chi connectivity index (χ4n) is 1.69. The Morgan fingerprint density at radius 3 is 2.70 bits per heavy atom. The van der Waals surface area contributed by atoms with E-state index in [-0.39, 0.29) is 6.61 Å². The number of amides is 1. The Bertz CT molecular complexity index is 461. The Morgan fingerprint density at radius 2 is 2.05 bits per heavy atom. The van der Waals surface area contributed by atoms with Gasteiger partial charge in [-0.3, -0.25) is 0 Å². The Morgan fingerprint density at radius 1 is 1.35 bits per heavy atom. The van der Waals surface area contributed by atoms with E-state index in [9.17, 15) is 4.79 Å². The van der Waals surface area contributed by atoms with Gasteiger partial charge in [0.25, 0.3) is 0 Å². The van der Waals surface area contributed by atoms with Crippen LogP contribution in [0, 0.1) is 0 Å². The van der Waals surface area contributed by atoms with Gasteiger partial charge in [-0.2, -0.15) is 0 Å². The fourth-order valence-corrected chi connectivity index (χ4v) is 1.69. The Hall–Kier alpha value is -1.81. The lowest BCUT2D eigenvalue weighted by Crippen LogP contribution is -2.32. The quantitative estimate of drug-likeness (QED) is 0.870. The van der Waals surface area contributed by atoms with E-state index in [1.165, 1.54) is 0 Å². The van der Waals surface area contributed by atoms with E-state index in [1.807, 2.05) is 57.2 Å². The first-order valence-corrected chi connectivity index (χ1v) is 6.74.